The van der Waals surface area contributed by atoms with Crippen molar-refractivity contribution in [1.29, 1.82) is 0 Å². The molecule has 130 valence electrons. The van der Waals surface area contributed by atoms with Gasteiger partial charge in [-0.1, -0.05) is 12.8 Å². The second-order valence-electron chi connectivity index (χ2n) is 6.43. The summed E-state index contributed by atoms with van der Waals surface area (Å²) in [5, 5.41) is 2.12. The maximum Gasteiger partial charge on any atom is 0.200 e. The van der Waals surface area contributed by atoms with Crippen LogP contribution in [-0.4, -0.2) is 5.78 Å². The van der Waals surface area contributed by atoms with Crippen LogP contribution in [0.3, 0.4) is 0 Å². The third kappa shape index (κ3) is 2.59. The van der Waals surface area contributed by atoms with Crippen molar-refractivity contribution < 1.29 is 26.7 Å². The first-order valence-corrected chi connectivity index (χ1v) is 7.89. The van der Waals surface area contributed by atoms with Crippen molar-refractivity contribution in [2.24, 2.45) is 5.41 Å². The van der Waals surface area contributed by atoms with Gasteiger partial charge in [0.2, 0.25) is 5.82 Å². The molecule has 0 aromatic heterocycles. The van der Waals surface area contributed by atoms with E-state index in [9.17, 15) is 26.7 Å². The van der Waals surface area contributed by atoms with Gasteiger partial charge in [0.25, 0.3) is 0 Å². The maximum atomic E-state index is 13.7. The minimum absolute atomic E-state index is 0.0809. The van der Waals surface area contributed by atoms with Crippen LogP contribution in [-0.2, 0) is 4.79 Å². The molecule has 0 radical (unpaired) electrons. The van der Waals surface area contributed by atoms with Crippen LogP contribution in [0.25, 0.3) is 0 Å². The van der Waals surface area contributed by atoms with Gasteiger partial charge in [-0.3, -0.25) is 4.79 Å². The number of ketones is 1. The van der Waals surface area contributed by atoms with Crippen molar-refractivity contribution in [3.63, 3.8) is 0 Å². The monoisotopic (exact) mass is 345 g/mol. The van der Waals surface area contributed by atoms with Gasteiger partial charge in [-0.25, -0.2) is 22.0 Å². The Morgan fingerprint density at radius 1 is 0.792 bits per heavy atom. The molecule has 0 atom stereocenters. The third-order valence-corrected chi connectivity index (χ3v) is 5.04. The summed E-state index contributed by atoms with van der Waals surface area (Å²) in [7, 11) is 0. The van der Waals surface area contributed by atoms with E-state index < -0.39 is 40.2 Å². The Morgan fingerprint density at radius 2 is 1.29 bits per heavy atom. The SMILES string of the molecule is O=C1/C(=C\Nc2c(F)c(F)c(F)c(F)c2F)CCCC12CCCC2. The average molecular weight is 345 g/mol. The number of anilines is 1. The second kappa shape index (κ2) is 6.18. The molecule has 1 aromatic carbocycles. The lowest BCUT2D eigenvalue weighted by atomic mass is 9.70. The Kier molecular flexibility index (Phi) is 4.36. The van der Waals surface area contributed by atoms with Crippen LogP contribution in [0, 0.1) is 34.5 Å². The highest BCUT2D eigenvalue weighted by molar-refractivity contribution is 6.01. The van der Waals surface area contributed by atoms with Crippen LogP contribution in [0.2, 0.25) is 0 Å². The average Bonchev–Trinajstić information content (AvgIpc) is 3.04. The smallest absolute Gasteiger partial charge is 0.200 e. The number of allylic oxidation sites excluding steroid dienone is 1. The molecule has 2 aliphatic rings. The number of carbonyl (C=O) groups is 1. The number of benzene rings is 1. The maximum absolute atomic E-state index is 13.7. The van der Waals surface area contributed by atoms with Gasteiger partial charge in [-0.2, -0.15) is 0 Å². The van der Waals surface area contributed by atoms with E-state index in [1.807, 2.05) is 0 Å². The van der Waals surface area contributed by atoms with Crippen LogP contribution >= 0.6 is 0 Å². The Labute approximate surface area is 135 Å². The van der Waals surface area contributed by atoms with Crippen LogP contribution < -0.4 is 5.32 Å². The molecular weight excluding hydrogens is 329 g/mol. The summed E-state index contributed by atoms with van der Waals surface area (Å²) in [5.41, 5.74) is -1.22. The fourth-order valence-electron chi connectivity index (χ4n) is 3.74. The number of Topliss-reactive ketones (excluding diaryl/α,β-unsaturated/α-hetero) is 1. The molecule has 24 heavy (non-hydrogen) atoms. The first kappa shape index (κ1) is 16.9. The molecule has 3 rings (SSSR count). The lowest BCUT2D eigenvalue weighted by Crippen LogP contribution is -2.33. The molecule has 1 spiro atoms. The van der Waals surface area contributed by atoms with Crippen molar-refractivity contribution in [3.8, 4) is 0 Å². The van der Waals surface area contributed by atoms with E-state index in [1.165, 1.54) is 0 Å². The summed E-state index contributed by atoms with van der Waals surface area (Å²) in [5.74, 6) is -10.2. The highest BCUT2D eigenvalue weighted by atomic mass is 19.2. The first-order chi connectivity index (χ1) is 11.4. The summed E-state index contributed by atoms with van der Waals surface area (Å²) in [6.45, 7) is 0. The van der Waals surface area contributed by atoms with Crippen molar-refractivity contribution in [2.45, 2.75) is 44.9 Å². The van der Waals surface area contributed by atoms with Crippen molar-refractivity contribution in [2.75, 3.05) is 5.32 Å². The van der Waals surface area contributed by atoms with E-state index in [2.05, 4.69) is 5.32 Å². The molecule has 0 heterocycles. The van der Waals surface area contributed by atoms with Gasteiger partial charge in [0.1, 0.15) is 5.69 Å². The molecule has 2 fully saturated rings. The Morgan fingerprint density at radius 3 is 1.88 bits per heavy atom. The fourth-order valence-corrected chi connectivity index (χ4v) is 3.74. The topological polar surface area (TPSA) is 29.1 Å². The zero-order chi connectivity index (χ0) is 17.5. The molecule has 2 saturated carbocycles. The fraction of sp³-hybridized carbons (Fsp3) is 0.471. The number of rotatable bonds is 2. The minimum Gasteiger partial charge on any atom is -0.356 e. The molecule has 2 nitrogen and oxygen atoms in total. The Hall–Kier alpha value is -1.92. The number of nitrogens with one attached hydrogen (secondary N) is 1. The molecule has 0 unspecified atom stereocenters. The predicted molar refractivity (Wildman–Crippen MR) is 77.7 cm³/mol. The molecular formula is C17H16F5NO. The molecule has 7 heteroatoms. The summed E-state index contributed by atoms with van der Waals surface area (Å²) in [6, 6.07) is 0. The highest BCUT2D eigenvalue weighted by Crippen LogP contribution is 2.48. The molecule has 1 N–H and O–H groups in total. The van der Waals surface area contributed by atoms with Gasteiger partial charge in [0.05, 0.1) is 0 Å². The zero-order valence-corrected chi connectivity index (χ0v) is 12.8. The van der Waals surface area contributed by atoms with E-state index >= 15 is 0 Å². The summed E-state index contributed by atoms with van der Waals surface area (Å²) >= 11 is 0. The van der Waals surface area contributed by atoms with Gasteiger partial charge in [-0.15, -0.1) is 0 Å². The van der Waals surface area contributed by atoms with Gasteiger partial charge in [0.15, 0.2) is 29.1 Å². The second-order valence-corrected chi connectivity index (χ2v) is 6.43. The molecule has 2 aliphatic carbocycles. The van der Waals surface area contributed by atoms with E-state index in [-0.39, 0.29) is 5.78 Å². The number of hydrogen-bond donors (Lipinski definition) is 1. The lowest BCUT2D eigenvalue weighted by Gasteiger charge is -2.33. The van der Waals surface area contributed by atoms with Crippen LogP contribution in [0.15, 0.2) is 11.8 Å². The van der Waals surface area contributed by atoms with E-state index in [0.717, 1.165) is 44.7 Å². The quantitative estimate of drug-likeness (QED) is 0.354. The third-order valence-electron chi connectivity index (χ3n) is 5.04. The van der Waals surface area contributed by atoms with E-state index in [4.69, 9.17) is 0 Å². The molecule has 1 aromatic rings. The molecule has 0 saturated heterocycles. The van der Waals surface area contributed by atoms with E-state index in [0.29, 0.717) is 12.0 Å². The number of carbonyl (C=O) groups excluding carboxylic acids is 1. The standard InChI is InChI=1S/C17H16F5NO/c18-10-11(19)13(21)15(14(22)12(10)20)23-8-9-4-3-7-17(16(9)24)5-1-2-6-17/h8,23H,1-7H2/b9-8-. The summed E-state index contributed by atoms with van der Waals surface area (Å²) in [4.78, 5) is 12.6. The van der Waals surface area contributed by atoms with Crippen LogP contribution in [0.4, 0.5) is 27.6 Å². The zero-order valence-electron chi connectivity index (χ0n) is 12.8. The van der Waals surface area contributed by atoms with Crippen molar-refractivity contribution in [3.05, 3.63) is 40.9 Å². The van der Waals surface area contributed by atoms with Gasteiger partial charge < -0.3 is 5.32 Å². The predicted octanol–water partition coefficient (Wildman–Crippen LogP) is 4.99. The number of halogens is 5. The number of hydrogen-bond acceptors (Lipinski definition) is 2. The van der Waals surface area contributed by atoms with Gasteiger partial charge in [0, 0.05) is 17.2 Å². The van der Waals surface area contributed by atoms with Gasteiger partial charge in [-0.05, 0) is 32.1 Å². The normalized spacial score (nSPS) is 21.7. The van der Waals surface area contributed by atoms with Crippen LogP contribution in [0.5, 0.6) is 0 Å². The largest absolute Gasteiger partial charge is 0.356 e. The highest BCUT2D eigenvalue weighted by Gasteiger charge is 2.44. The summed E-state index contributed by atoms with van der Waals surface area (Å²) < 4.78 is 66.7. The minimum atomic E-state index is -2.21. The Bertz CT molecular complexity index is 693. The lowest BCUT2D eigenvalue weighted by molar-refractivity contribution is -0.126. The first-order valence-electron chi connectivity index (χ1n) is 7.89. The summed E-state index contributed by atoms with van der Waals surface area (Å²) in [6.07, 6.45) is 6.54. The molecule has 0 aliphatic heterocycles. The Balaban J connectivity index is 1.90. The van der Waals surface area contributed by atoms with Crippen molar-refractivity contribution in [1.82, 2.24) is 0 Å². The molecule has 0 amide bonds. The van der Waals surface area contributed by atoms with E-state index in [1.54, 1.807) is 0 Å². The molecule has 0 bridgehead atoms. The van der Waals surface area contributed by atoms with Crippen molar-refractivity contribution >= 4 is 11.5 Å². The van der Waals surface area contributed by atoms with Gasteiger partial charge >= 0.3 is 0 Å². The van der Waals surface area contributed by atoms with Crippen LogP contribution in [0.1, 0.15) is 44.9 Å².